The number of rotatable bonds is 8. The van der Waals surface area contributed by atoms with Gasteiger partial charge in [0.05, 0.1) is 12.8 Å². The molecule has 0 unspecified atom stereocenters. The van der Waals surface area contributed by atoms with Crippen LogP contribution >= 0.6 is 0 Å². The zero-order valence-electron chi connectivity index (χ0n) is 18.1. The van der Waals surface area contributed by atoms with Gasteiger partial charge in [-0.1, -0.05) is 6.07 Å². The number of aryl methyl sites for hydroxylation is 2. The Kier molecular flexibility index (Phi) is 7.36. The molecule has 0 aliphatic heterocycles. The predicted molar refractivity (Wildman–Crippen MR) is 117 cm³/mol. The lowest BCUT2D eigenvalue weighted by Gasteiger charge is -2.12. The standard InChI is InChI=1S/C22H24N6O4/c1-14-19(15(2)28-21(25-14)16(12-23)13-24-28)7-8-20(29)26-17-5-4-6-18(11-17)27-22(30)32-10-9-31-3/h4-6,11,13H,7-10H2,1-3H3,(H,26,29)(H,27,30). The number of fused-ring (bicyclic) bond motifs is 1. The van der Waals surface area contributed by atoms with E-state index in [1.165, 1.54) is 13.3 Å². The van der Waals surface area contributed by atoms with E-state index in [1.54, 1.807) is 28.8 Å². The van der Waals surface area contributed by atoms with Gasteiger partial charge in [-0.2, -0.15) is 10.4 Å². The smallest absolute Gasteiger partial charge is 0.411 e. The second-order valence-electron chi connectivity index (χ2n) is 7.05. The van der Waals surface area contributed by atoms with Crippen molar-refractivity contribution in [2.24, 2.45) is 0 Å². The van der Waals surface area contributed by atoms with E-state index in [9.17, 15) is 14.9 Å². The minimum atomic E-state index is -0.599. The van der Waals surface area contributed by atoms with Crippen molar-refractivity contribution in [1.29, 1.82) is 5.26 Å². The molecule has 3 rings (SSSR count). The summed E-state index contributed by atoms with van der Waals surface area (Å²) in [7, 11) is 1.52. The second kappa shape index (κ2) is 10.4. The van der Waals surface area contributed by atoms with Crippen molar-refractivity contribution in [2.75, 3.05) is 31.0 Å². The Bertz CT molecular complexity index is 1180. The number of nitrogens with zero attached hydrogens (tertiary/aromatic N) is 4. The van der Waals surface area contributed by atoms with E-state index < -0.39 is 6.09 Å². The number of aromatic nitrogens is 3. The molecule has 166 valence electrons. The average Bonchev–Trinajstić information content (AvgIpc) is 3.17. The lowest BCUT2D eigenvalue weighted by atomic mass is 10.1. The highest BCUT2D eigenvalue weighted by Gasteiger charge is 2.15. The van der Waals surface area contributed by atoms with Crippen molar-refractivity contribution in [2.45, 2.75) is 26.7 Å². The minimum Gasteiger partial charge on any atom is -0.447 e. The first-order valence-electron chi connectivity index (χ1n) is 9.99. The van der Waals surface area contributed by atoms with Crippen LogP contribution in [0.2, 0.25) is 0 Å². The monoisotopic (exact) mass is 436 g/mol. The van der Waals surface area contributed by atoms with Gasteiger partial charge in [-0.05, 0) is 44.0 Å². The molecule has 0 fully saturated rings. The van der Waals surface area contributed by atoms with Gasteiger partial charge in [0.1, 0.15) is 18.2 Å². The van der Waals surface area contributed by atoms with Gasteiger partial charge < -0.3 is 14.8 Å². The van der Waals surface area contributed by atoms with Gasteiger partial charge in [0.15, 0.2) is 5.65 Å². The quantitative estimate of drug-likeness (QED) is 0.519. The molecule has 0 spiro atoms. The Labute approximate surface area is 185 Å². The molecule has 0 radical (unpaired) electrons. The highest BCUT2D eigenvalue weighted by molar-refractivity contribution is 5.92. The highest BCUT2D eigenvalue weighted by atomic mass is 16.6. The fourth-order valence-electron chi connectivity index (χ4n) is 3.26. The van der Waals surface area contributed by atoms with Crippen LogP contribution in [-0.2, 0) is 20.7 Å². The van der Waals surface area contributed by atoms with Crippen LogP contribution in [0.3, 0.4) is 0 Å². The van der Waals surface area contributed by atoms with E-state index in [-0.39, 0.29) is 18.9 Å². The molecule has 10 nitrogen and oxygen atoms in total. The Morgan fingerprint density at radius 3 is 2.66 bits per heavy atom. The SMILES string of the molecule is COCCOC(=O)Nc1cccc(NC(=O)CCc2c(C)nc3c(C#N)cnn3c2C)c1. The maximum absolute atomic E-state index is 12.5. The van der Waals surface area contributed by atoms with Crippen LogP contribution in [0.15, 0.2) is 30.5 Å². The van der Waals surface area contributed by atoms with Gasteiger partial charge in [0.2, 0.25) is 5.91 Å². The summed E-state index contributed by atoms with van der Waals surface area (Å²) in [6, 6.07) is 8.87. The Hall–Kier alpha value is -3.97. The van der Waals surface area contributed by atoms with E-state index in [0.29, 0.717) is 35.6 Å². The molecule has 0 saturated heterocycles. The van der Waals surface area contributed by atoms with Crippen LogP contribution in [0, 0.1) is 25.2 Å². The molecular formula is C22H24N6O4. The maximum atomic E-state index is 12.5. The van der Waals surface area contributed by atoms with Gasteiger partial charge in [-0.25, -0.2) is 14.3 Å². The summed E-state index contributed by atoms with van der Waals surface area (Å²) in [5.74, 6) is -0.179. The van der Waals surface area contributed by atoms with Gasteiger partial charge in [-0.3, -0.25) is 10.1 Å². The van der Waals surface area contributed by atoms with Crippen LogP contribution < -0.4 is 10.6 Å². The first kappa shape index (κ1) is 22.7. The van der Waals surface area contributed by atoms with E-state index in [2.05, 4.69) is 26.8 Å². The highest BCUT2D eigenvalue weighted by Crippen LogP contribution is 2.19. The lowest BCUT2D eigenvalue weighted by molar-refractivity contribution is -0.116. The summed E-state index contributed by atoms with van der Waals surface area (Å²) in [5.41, 5.74) is 4.50. The van der Waals surface area contributed by atoms with Crippen LogP contribution in [0.5, 0.6) is 0 Å². The molecule has 0 saturated carbocycles. The van der Waals surface area contributed by atoms with Gasteiger partial charge in [0.25, 0.3) is 0 Å². The fraction of sp³-hybridized carbons (Fsp3) is 0.318. The fourth-order valence-corrected chi connectivity index (χ4v) is 3.26. The largest absolute Gasteiger partial charge is 0.447 e. The summed E-state index contributed by atoms with van der Waals surface area (Å²) in [6.45, 7) is 4.21. The van der Waals surface area contributed by atoms with Crippen molar-refractivity contribution in [3.63, 3.8) is 0 Å². The molecule has 2 aromatic heterocycles. The molecule has 0 atom stereocenters. The van der Waals surface area contributed by atoms with Crippen molar-refractivity contribution in [3.8, 4) is 6.07 Å². The second-order valence-corrected chi connectivity index (χ2v) is 7.05. The Balaban J connectivity index is 1.61. The molecule has 0 aliphatic rings. The summed E-state index contributed by atoms with van der Waals surface area (Å²) in [6.07, 6.45) is 1.59. The van der Waals surface area contributed by atoms with Crippen molar-refractivity contribution in [3.05, 3.63) is 53.0 Å². The number of hydrogen-bond acceptors (Lipinski definition) is 7. The lowest BCUT2D eigenvalue weighted by Crippen LogP contribution is -2.17. The van der Waals surface area contributed by atoms with Crippen LogP contribution in [0.1, 0.15) is 28.9 Å². The topological polar surface area (TPSA) is 131 Å². The summed E-state index contributed by atoms with van der Waals surface area (Å²) in [4.78, 5) is 28.7. The van der Waals surface area contributed by atoms with E-state index in [1.807, 2.05) is 13.8 Å². The molecule has 2 amide bonds. The van der Waals surface area contributed by atoms with Gasteiger partial charge >= 0.3 is 6.09 Å². The number of carbonyl (C=O) groups excluding carboxylic acids is 2. The summed E-state index contributed by atoms with van der Waals surface area (Å²) < 4.78 is 11.4. The number of hydrogen-bond donors (Lipinski definition) is 2. The van der Waals surface area contributed by atoms with Crippen LogP contribution in [0.25, 0.3) is 5.65 Å². The third kappa shape index (κ3) is 5.39. The Morgan fingerprint density at radius 1 is 1.19 bits per heavy atom. The maximum Gasteiger partial charge on any atom is 0.411 e. The molecule has 32 heavy (non-hydrogen) atoms. The molecule has 0 aliphatic carbocycles. The number of methoxy groups -OCH3 is 1. The molecule has 0 bridgehead atoms. The van der Waals surface area contributed by atoms with E-state index in [4.69, 9.17) is 9.47 Å². The van der Waals surface area contributed by atoms with Crippen molar-refractivity contribution in [1.82, 2.24) is 14.6 Å². The minimum absolute atomic E-state index is 0.147. The third-order valence-electron chi connectivity index (χ3n) is 4.84. The zero-order valence-corrected chi connectivity index (χ0v) is 18.1. The first-order valence-corrected chi connectivity index (χ1v) is 9.99. The predicted octanol–water partition coefficient (Wildman–Crippen LogP) is 2.98. The van der Waals surface area contributed by atoms with Crippen LogP contribution in [-0.4, -0.2) is 46.9 Å². The van der Waals surface area contributed by atoms with Gasteiger partial charge in [-0.15, -0.1) is 0 Å². The first-order chi connectivity index (χ1) is 15.4. The molecular weight excluding hydrogens is 412 g/mol. The summed E-state index contributed by atoms with van der Waals surface area (Å²) >= 11 is 0. The molecule has 2 heterocycles. The normalized spacial score (nSPS) is 10.6. The molecule has 2 N–H and O–H groups in total. The number of anilines is 2. The number of carbonyl (C=O) groups is 2. The molecule has 10 heteroatoms. The number of benzene rings is 1. The van der Waals surface area contributed by atoms with E-state index in [0.717, 1.165) is 17.0 Å². The summed E-state index contributed by atoms with van der Waals surface area (Å²) in [5, 5.41) is 18.8. The molecule has 1 aromatic carbocycles. The van der Waals surface area contributed by atoms with Crippen molar-refractivity contribution >= 4 is 29.0 Å². The zero-order chi connectivity index (χ0) is 23.1. The van der Waals surface area contributed by atoms with E-state index >= 15 is 0 Å². The molecule has 3 aromatic rings. The number of amides is 2. The van der Waals surface area contributed by atoms with Crippen LogP contribution in [0.4, 0.5) is 16.2 Å². The van der Waals surface area contributed by atoms with Crippen molar-refractivity contribution < 1.29 is 19.1 Å². The third-order valence-corrected chi connectivity index (χ3v) is 4.84. The number of nitriles is 1. The average molecular weight is 436 g/mol. The Morgan fingerprint density at radius 2 is 1.94 bits per heavy atom. The number of nitrogens with one attached hydrogen (secondary N) is 2. The van der Waals surface area contributed by atoms with Gasteiger partial charge in [0, 0.05) is 36.3 Å². The number of ether oxygens (including phenoxy) is 2.